The van der Waals surface area contributed by atoms with Gasteiger partial charge in [-0.15, -0.1) is 0 Å². The molecule has 0 fully saturated rings. The third-order valence-corrected chi connectivity index (χ3v) is 2.99. The molecule has 0 spiro atoms. The second-order valence-corrected chi connectivity index (χ2v) is 3.85. The third kappa shape index (κ3) is 0.953. The van der Waals surface area contributed by atoms with Crippen molar-refractivity contribution in [1.82, 2.24) is 9.55 Å². The van der Waals surface area contributed by atoms with Crippen LogP contribution in [0.1, 0.15) is 18.5 Å². The maximum absolute atomic E-state index is 11.5. The first-order chi connectivity index (χ1) is 6.86. The number of rotatable bonds is 0. The number of H-pyrrole nitrogens is 1. The molecule has 2 aromatic rings. The fourth-order valence-electron chi connectivity index (χ4n) is 2.30. The van der Waals surface area contributed by atoms with Crippen molar-refractivity contribution >= 4 is 10.9 Å². The zero-order valence-corrected chi connectivity index (χ0v) is 7.92. The smallest absolute Gasteiger partial charge is 0.257 e. The number of aryl methyl sites for hydroxylation is 2. The van der Waals surface area contributed by atoms with Gasteiger partial charge in [0.15, 0.2) is 0 Å². The number of fused-ring (bicyclic) bond motifs is 3. The van der Waals surface area contributed by atoms with Gasteiger partial charge in [-0.2, -0.15) is 0 Å². The average molecular weight is 188 g/mol. The van der Waals surface area contributed by atoms with Crippen LogP contribution in [0.4, 0.5) is 0 Å². The Bertz CT molecular complexity index is 536. The molecule has 0 aromatic carbocycles. The molecule has 3 nitrogen and oxygen atoms in total. The van der Waals surface area contributed by atoms with E-state index in [1.54, 1.807) is 6.20 Å². The van der Waals surface area contributed by atoms with Crippen LogP contribution in [0.5, 0.6) is 0 Å². The van der Waals surface area contributed by atoms with Crippen molar-refractivity contribution in [3.63, 3.8) is 0 Å². The summed E-state index contributed by atoms with van der Waals surface area (Å²) in [6.07, 6.45) is 5.30. The van der Waals surface area contributed by atoms with E-state index in [4.69, 9.17) is 0 Å². The van der Waals surface area contributed by atoms with E-state index in [9.17, 15) is 4.79 Å². The minimum atomic E-state index is 0.0319. The number of aromatic amines is 1. The maximum atomic E-state index is 11.5. The van der Waals surface area contributed by atoms with Crippen molar-refractivity contribution in [3.05, 3.63) is 34.4 Å². The molecule has 1 aliphatic heterocycles. The van der Waals surface area contributed by atoms with Gasteiger partial charge in [-0.1, -0.05) is 0 Å². The molecule has 0 saturated heterocycles. The van der Waals surface area contributed by atoms with Crippen LogP contribution in [-0.2, 0) is 13.0 Å². The van der Waals surface area contributed by atoms with Gasteiger partial charge in [-0.25, -0.2) is 0 Å². The minimum absolute atomic E-state index is 0.0319. The van der Waals surface area contributed by atoms with Gasteiger partial charge in [0.05, 0.1) is 10.9 Å². The average Bonchev–Trinajstić information content (AvgIpc) is 2.59. The lowest BCUT2D eigenvalue weighted by Gasteiger charge is -2.15. The first kappa shape index (κ1) is 7.85. The van der Waals surface area contributed by atoms with Crippen molar-refractivity contribution in [2.24, 2.45) is 0 Å². The Balaban J connectivity index is 2.42. The monoisotopic (exact) mass is 188 g/mol. The molecule has 0 amide bonds. The van der Waals surface area contributed by atoms with Crippen molar-refractivity contribution in [1.29, 1.82) is 0 Å². The molecule has 0 atom stereocenters. The molecule has 3 rings (SSSR count). The Morgan fingerprint density at radius 1 is 1.36 bits per heavy atom. The van der Waals surface area contributed by atoms with Gasteiger partial charge in [-0.05, 0) is 31.4 Å². The second-order valence-electron chi connectivity index (χ2n) is 3.85. The molecular weight excluding hydrogens is 176 g/mol. The fraction of sp³-hybridized carbons (Fsp3) is 0.364. The normalized spacial score (nSPS) is 15.7. The maximum Gasteiger partial charge on any atom is 0.257 e. The van der Waals surface area contributed by atoms with Crippen LogP contribution < -0.4 is 5.56 Å². The topological polar surface area (TPSA) is 37.8 Å². The summed E-state index contributed by atoms with van der Waals surface area (Å²) in [4.78, 5) is 14.2. The van der Waals surface area contributed by atoms with Gasteiger partial charge in [0.2, 0.25) is 0 Å². The zero-order chi connectivity index (χ0) is 9.54. The Morgan fingerprint density at radius 3 is 3.21 bits per heavy atom. The van der Waals surface area contributed by atoms with Gasteiger partial charge in [0.1, 0.15) is 0 Å². The van der Waals surface area contributed by atoms with E-state index < -0.39 is 0 Å². The Labute approximate surface area is 81.4 Å². The lowest BCUT2D eigenvalue weighted by Crippen LogP contribution is -2.09. The molecule has 3 heteroatoms. The van der Waals surface area contributed by atoms with Gasteiger partial charge < -0.3 is 9.55 Å². The Kier molecular flexibility index (Phi) is 1.54. The van der Waals surface area contributed by atoms with Crippen molar-refractivity contribution < 1.29 is 0 Å². The highest BCUT2D eigenvalue weighted by Crippen LogP contribution is 2.22. The molecule has 0 aliphatic carbocycles. The van der Waals surface area contributed by atoms with Crippen LogP contribution in [-0.4, -0.2) is 9.55 Å². The molecule has 72 valence electrons. The van der Waals surface area contributed by atoms with Crippen LogP contribution in [0.15, 0.2) is 23.1 Å². The largest absolute Gasteiger partial charge is 0.344 e. The van der Waals surface area contributed by atoms with E-state index in [0.29, 0.717) is 0 Å². The predicted molar refractivity (Wildman–Crippen MR) is 55.5 cm³/mol. The van der Waals surface area contributed by atoms with Gasteiger partial charge in [-0.3, -0.25) is 4.79 Å². The van der Waals surface area contributed by atoms with Crippen molar-refractivity contribution in [3.8, 4) is 0 Å². The van der Waals surface area contributed by atoms with Gasteiger partial charge in [0, 0.05) is 18.4 Å². The molecule has 2 aromatic heterocycles. The molecule has 1 N–H and O–H groups in total. The van der Waals surface area contributed by atoms with E-state index in [2.05, 4.69) is 9.55 Å². The molecular formula is C11H12N2O. The number of hydrogen-bond acceptors (Lipinski definition) is 1. The third-order valence-electron chi connectivity index (χ3n) is 2.99. The SMILES string of the molecule is O=c1[nH]ccc2c1cc1n2CCCC1. The number of nitrogens with zero attached hydrogens (tertiary/aromatic N) is 1. The minimum Gasteiger partial charge on any atom is -0.344 e. The van der Waals surface area contributed by atoms with Crippen LogP contribution in [0.3, 0.4) is 0 Å². The number of pyridine rings is 1. The summed E-state index contributed by atoms with van der Waals surface area (Å²) in [7, 11) is 0. The van der Waals surface area contributed by atoms with E-state index in [1.165, 1.54) is 18.5 Å². The molecule has 3 heterocycles. The highest BCUT2D eigenvalue weighted by molar-refractivity contribution is 5.80. The molecule has 1 aliphatic rings. The first-order valence-electron chi connectivity index (χ1n) is 5.06. The molecule has 0 saturated carbocycles. The molecule has 0 bridgehead atoms. The second kappa shape index (κ2) is 2.74. The van der Waals surface area contributed by atoms with Gasteiger partial charge >= 0.3 is 0 Å². The van der Waals surface area contributed by atoms with Crippen molar-refractivity contribution in [2.75, 3.05) is 0 Å². The van der Waals surface area contributed by atoms with Crippen LogP contribution in [0, 0.1) is 0 Å². The summed E-state index contributed by atoms with van der Waals surface area (Å²) in [6, 6.07) is 4.03. The van der Waals surface area contributed by atoms with Crippen LogP contribution in [0.2, 0.25) is 0 Å². The van der Waals surface area contributed by atoms with Crippen molar-refractivity contribution in [2.45, 2.75) is 25.8 Å². The lowest BCUT2D eigenvalue weighted by molar-refractivity contribution is 0.545. The lowest BCUT2D eigenvalue weighted by atomic mass is 10.1. The number of aromatic nitrogens is 2. The predicted octanol–water partition coefficient (Wildman–Crippen LogP) is 1.67. The Morgan fingerprint density at radius 2 is 2.29 bits per heavy atom. The van der Waals surface area contributed by atoms with E-state index >= 15 is 0 Å². The summed E-state index contributed by atoms with van der Waals surface area (Å²) < 4.78 is 2.27. The fourth-order valence-corrected chi connectivity index (χ4v) is 2.30. The zero-order valence-electron chi connectivity index (χ0n) is 7.92. The summed E-state index contributed by atoms with van der Waals surface area (Å²) in [5, 5.41) is 0.837. The summed E-state index contributed by atoms with van der Waals surface area (Å²) in [6.45, 7) is 1.06. The molecule has 14 heavy (non-hydrogen) atoms. The van der Waals surface area contributed by atoms with E-state index in [1.807, 2.05) is 12.1 Å². The summed E-state index contributed by atoms with van der Waals surface area (Å²) in [5.41, 5.74) is 2.43. The first-order valence-corrected chi connectivity index (χ1v) is 5.06. The highest BCUT2D eigenvalue weighted by atomic mass is 16.1. The van der Waals surface area contributed by atoms with E-state index in [-0.39, 0.29) is 5.56 Å². The van der Waals surface area contributed by atoms with Crippen LogP contribution in [0.25, 0.3) is 10.9 Å². The standard InChI is InChI=1S/C11H12N2O/c14-11-9-7-8-3-1-2-6-13(8)10(9)4-5-12-11/h4-5,7H,1-3,6H2,(H,12,14). The van der Waals surface area contributed by atoms with Crippen LogP contribution >= 0.6 is 0 Å². The molecule has 0 radical (unpaired) electrons. The van der Waals surface area contributed by atoms with E-state index in [0.717, 1.165) is 23.9 Å². The summed E-state index contributed by atoms with van der Waals surface area (Å²) in [5.74, 6) is 0. The molecule has 0 unspecified atom stereocenters. The summed E-state index contributed by atoms with van der Waals surface area (Å²) >= 11 is 0. The number of hydrogen-bond donors (Lipinski definition) is 1. The number of nitrogens with one attached hydrogen (secondary N) is 1. The van der Waals surface area contributed by atoms with Gasteiger partial charge in [0.25, 0.3) is 5.56 Å². The highest BCUT2D eigenvalue weighted by Gasteiger charge is 2.13. The Hall–Kier alpha value is -1.51. The quantitative estimate of drug-likeness (QED) is 0.671.